The summed E-state index contributed by atoms with van der Waals surface area (Å²) >= 11 is 0. The van der Waals surface area contributed by atoms with E-state index < -0.39 is 0 Å². The maximum absolute atomic E-state index is 5.02. The number of piperazine rings is 1. The summed E-state index contributed by atoms with van der Waals surface area (Å²) in [5.74, 6) is 2.87. The first-order valence-electron chi connectivity index (χ1n) is 7.25. The van der Waals surface area contributed by atoms with E-state index in [2.05, 4.69) is 37.2 Å². The second-order valence-electron chi connectivity index (χ2n) is 5.11. The second kappa shape index (κ2) is 6.09. The molecule has 0 aliphatic carbocycles. The van der Waals surface area contributed by atoms with E-state index in [0.717, 1.165) is 44.3 Å². The molecule has 0 radical (unpaired) electrons. The SMILES string of the molecule is CCN1CCN(c2ccnc(Nc3cc(C)on3)n2)CC1. The zero-order valence-corrected chi connectivity index (χ0v) is 12.4. The van der Waals surface area contributed by atoms with Crippen LogP contribution in [0.2, 0.25) is 0 Å². The van der Waals surface area contributed by atoms with Gasteiger partial charge in [0.15, 0.2) is 5.82 Å². The molecule has 0 unspecified atom stereocenters. The van der Waals surface area contributed by atoms with Gasteiger partial charge >= 0.3 is 0 Å². The summed E-state index contributed by atoms with van der Waals surface area (Å²) in [6.45, 7) is 9.29. The number of nitrogens with zero attached hydrogens (tertiary/aromatic N) is 5. The lowest BCUT2D eigenvalue weighted by atomic mass is 10.3. The molecule has 0 bridgehead atoms. The van der Waals surface area contributed by atoms with Gasteiger partial charge in [-0.15, -0.1) is 0 Å². The lowest BCUT2D eigenvalue weighted by molar-refractivity contribution is 0.270. The molecule has 0 spiro atoms. The molecule has 0 aromatic carbocycles. The predicted octanol–water partition coefficient (Wildman–Crippen LogP) is 1.66. The number of likely N-dealkylation sites (N-methyl/N-ethyl adjacent to an activating group) is 1. The largest absolute Gasteiger partial charge is 0.360 e. The molecule has 7 nitrogen and oxygen atoms in total. The minimum Gasteiger partial charge on any atom is -0.360 e. The summed E-state index contributed by atoms with van der Waals surface area (Å²) in [6.07, 6.45) is 1.77. The summed E-state index contributed by atoms with van der Waals surface area (Å²) in [5.41, 5.74) is 0. The lowest BCUT2D eigenvalue weighted by Crippen LogP contribution is -2.46. The molecule has 2 aromatic rings. The molecule has 1 saturated heterocycles. The van der Waals surface area contributed by atoms with Crippen LogP contribution < -0.4 is 10.2 Å². The van der Waals surface area contributed by atoms with Crippen LogP contribution in [0, 0.1) is 6.92 Å². The Morgan fingerprint density at radius 2 is 2.10 bits per heavy atom. The summed E-state index contributed by atoms with van der Waals surface area (Å²) in [7, 11) is 0. The van der Waals surface area contributed by atoms with Crippen LogP contribution in [0.15, 0.2) is 22.9 Å². The molecule has 0 saturated carbocycles. The molecule has 112 valence electrons. The topological polar surface area (TPSA) is 70.3 Å². The molecule has 0 amide bonds. The first kappa shape index (κ1) is 13.8. The van der Waals surface area contributed by atoms with Gasteiger partial charge < -0.3 is 19.6 Å². The third kappa shape index (κ3) is 3.30. The molecular formula is C14H20N6O. The van der Waals surface area contributed by atoms with E-state index >= 15 is 0 Å². The zero-order chi connectivity index (χ0) is 14.7. The van der Waals surface area contributed by atoms with Crippen LogP contribution in [0.4, 0.5) is 17.6 Å². The fourth-order valence-corrected chi connectivity index (χ4v) is 2.42. The molecule has 1 aliphatic heterocycles. The van der Waals surface area contributed by atoms with Gasteiger partial charge in [0.2, 0.25) is 5.95 Å². The normalized spacial score (nSPS) is 16.2. The summed E-state index contributed by atoms with van der Waals surface area (Å²) in [4.78, 5) is 13.5. The Bertz CT molecular complexity index is 591. The standard InChI is InChI=1S/C14H20N6O/c1-3-19-6-8-20(9-7-19)13-4-5-15-14(17-13)16-12-10-11(2)21-18-12/h4-5,10H,3,6-9H2,1-2H3,(H,15,16,17,18). The predicted molar refractivity (Wildman–Crippen MR) is 80.9 cm³/mol. The third-order valence-electron chi connectivity index (χ3n) is 3.65. The molecular weight excluding hydrogens is 268 g/mol. The summed E-state index contributed by atoms with van der Waals surface area (Å²) in [6, 6.07) is 3.76. The van der Waals surface area contributed by atoms with Gasteiger partial charge in [-0.05, 0) is 19.5 Å². The van der Waals surface area contributed by atoms with Crippen molar-refractivity contribution >= 4 is 17.6 Å². The van der Waals surface area contributed by atoms with Gasteiger partial charge in [-0.25, -0.2) is 4.98 Å². The Labute approximate surface area is 124 Å². The van der Waals surface area contributed by atoms with E-state index in [1.807, 2.05) is 19.1 Å². The molecule has 1 aliphatic rings. The van der Waals surface area contributed by atoms with Crippen molar-refractivity contribution in [3.63, 3.8) is 0 Å². The molecule has 3 rings (SSSR count). The average molecular weight is 288 g/mol. The Morgan fingerprint density at radius 3 is 2.76 bits per heavy atom. The molecule has 0 atom stereocenters. The number of aryl methyl sites for hydroxylation is 1. The number of aromatic nitrogens is 3. The van der Waals surface area contributed by atoms with Gasteiger partial charge in [0.25, 0.3) is 0 Å². The highest BCUT2D eigenvalue weighted by Gasteiger charge is 2.17. The number of anilines is 3. The van der Waals surface area contributed by atoms with Crippen molar-refractivity contribution in [2.75, 3.05) is 42.9 Å². The maximum Gasteiger partial charge on any atom is 0.230 e. The highest BCUT2D eigenvalue weighted by Crippen LogP contribution is 2.17. The zero-order valence-electron chi connectivity index (χ0n) is 12.4. The lowest BCUT2D eigenvalue weighted by Gasteiger charge is -2.34. The molecule has 2 aromatic heterocycles. The fraction of sp³-hybridized carbons (Fsp3) is 0.500. The Hall–Kier alpha value is -2.15. The van der Waals surface area contributed by atoms with E-state index in [4.69, 9.17) is 4.52 Å². The van der Waals surface area contributed by atoms with E-state index in [0.29, 0.717) is 11.8 Å². The van der Waals surface area contributed by atoms with Gasteiger partial charge in [-0.2, -0.15) is 4.98 Å². The van der Waals surface area contributed by atoms with Crippen molar-refractivity contribution in [2.24, 2.45) is 0 Å². The van der Waals surface area contributed by atoms with Gasteiger partial charge in [-0.3, -0.25) is 0 Å². The van der Waals surface area contributed by atoms with Crippen molar-refractivity contribution in [1.82, 2.24) is 20.0 Å². The molecule has 7 heteroatoms. The highest BCUT2D eigenvalue weighted by molar-refractivity contribution is 5.50. The van der Waals surface area contributed by atoms with Crippen LogP contribution in [0.5, 0.6) is 0 Å². The van der Waals surface area contributed by atoms with Gasteiger partial charge in [0.05, 0.1) is 0 Å². The van der Waals surface area contributed by atoms with Gasteiger partial charge in [0.1, 0.15) is 11.6 Å². The van der Waals surface area contributed by atoms with E-state index in [1.54, 1.807) is 6.20 Å². The van der Waals surface area contributed by atoms with E-state index in [9.17, 15) is 0 Å². The van der Waals surface area contributed by atoms with Crippen LogP contribution in [-0.2, 0) is 0 Å². The molecule has 3 heterocycles. The minimum atomic E-state index is 0.540. The van der Waals surface area contributed by atoms with Crippen LogP contribution in [0.25, 0.3) is 0 Å². The Kier molecular flexibility index (Phi) is 4.01. The first-order valence-corrected chi connectivity index (χ1v) is 7.25. The number of rotatable bonds is 4. The van der Waals surface area contributed by atoms with Crippen molar-refractivity contribution in [1.29, 1.82) is 0 Å². The van der Waals surface area contributed by atoms with E-state index in [-0.39, 0.29) is 0 Å². The number of nitrogens with one attached hydrogen (secondary N) is 1. The summed E-state index contributed by atoms with van der Waals surface area (Å²) in [5, 5.41) is 6.95. The minimum absolute atomic E-state index is 0.540. The third-order valence-corrected chi connectivity index (χ3v) is 3.65. The number of hydrogen-bond acceptors (Lipinski definition) is 7. The van der Waals surface area contributed by atoms with Crippen LogP contribution in [0.3, 0.4) is 0 Å². The van der Waals surface area contributed by atoms with Gasteiger partial charge in [0, 0.05) is 38.4 Å². The molecule has 21 heavy (non-hydrogen) atoms. The average Bonchev–Trinajstić information content (AvgIpc) is 2.93. The van der Waals surface area contributed by atoms with Crippen LogP contribution >= 0.6 is 0 Å². The maximum atomic E-state index is 5.02. The Balaban J connectivity index is 1.68. The van der Waals surface area contributed by atoms with Crippen molar-refractivity contribution < 1.29 is 4.52 Å². The summed E-state index contributed by atoms with van der Waals surface area (Å²) < 4.78 is 5.02. The molecule has 1 fully saturated rings. The van der Waals surface area contributed by atoms with Crippen LogP contribution in [-0.4, -0.2) is 52.7 Å². The fourth-order valence-electron chi connectivity index (χ4n) is 2.42. The van der Waals surface area contributed by atoms with Crippen LogP contribution in [0.1, 0.15) is 12.7 Å². The van der Waals surface area contributed by atoms with Crippen molar-refractivity contribution in [3.8, 4) is 0 Å². The molecule has 1 N–H and O–H groups in total. The van der Waals surface area contributed by atoms with Crippen molar-refractivity contribution in [2.45, 2.75) is 13.8 Å². The van der Waals surface area contributed by atoms with Gasteiger partial charge in [-0.1, -0.05) is 12.1 Å². The van der Waals surface area contributed by atoms with E-state index in [1.165, 1.54) is 0 Å². The quantitative estimate of drug-likeness (QED) is 0.917. The monoisotopic (exact) mass is 288 g/mol. The first-order chi connectivity index (χ1) is 10.2. The highest BCUT2D eigenvalue weighted by atomic mass is 16.5. The second-order valence-corrected chi connectivity index (χ2v) is 5.11. The Morgan fingerprint density at radius 1 is 1.29 bits per heavy atom. The number of hydrogen-bond donors (Lipinski definition) is 1. The van der Waals surface area contributed by atoms with Crippen molar-refractivity contribution in [3.05, 3.63) is 24.1 Å². The smallest absolute Gasteiger partial charge is 0.230 e.